The molecule has 0 spiro atoms. The molecule has 1 aromatic rings. The van der Waals surface area contributed by atoms with Gasteiger partial charge in [-0.25, -0.2) is 0 Å². The molecule has 0 saturated heterocycles. The van der Waals surface area contributed by atoms with Crippen molar-refractivity contribution in [1.29, 1.82) is 0 Å². The predicted octanol–water partition coefficient (Wildman–Crippen LogP) is 0.242. The van der Waals surface area contributed by atoms with Crippen LogP contribution < -0.4 is 11.1 Å². The largest absolute Gasteiger partial charge is 0.368 e. The Hall–Kier alpha value is -1.85. The van der Waals surface area contributed by atoms with Gasteiger partial charge in [0.1, 0.15) is 5.69 Å². The summed E-state index contributed by atoms with van der Waals surface area (Å²) in [6.07, 6.45) is 0. The Morgan fingerprint density at radius 3 is 2.65 bits per heavy atom. The van der Waals surface area contributed by atoms with Gasteiger partial charge in [-0.3, -0.25) is 14.3 Å². The van der Waals surface area contributed by atoms with Crippen LogP contribution in [-0.2, 0) is 11.3 Å². The Morgan fingerprint density at radius 1 is 1.53 bits per heavy atom. The van der Waals surface area contributed by atoms with E-state index in [-0.39, 0.29) is 18.4 Å². The van der Waals surface area contributed by atoms with Crippen molar-refractivity contribution in [2.24, 2.45) is 5.73 Å². The molecule has 0 aliphatic heterocycles. The van der Waals surface area contributed by atoms with Crippen LogP contribution in [0, 0.1) is 0 Å². The second-order valence-corrected chi connectivity index (χ2v) is 4.07. The molecular weight excluding hydrogens is 220 g/mol. The van der Waals surface area contributed by atoms with E-state index in [4.69, 9.17) is 5.73 Å². The van der Waals surface area contributed by atoms with Gasteiger partial charge in [0.2, 0.25) is 5.91 Å². The van der Waals surface area contributed by atoms with Crippen molar-refractivity contribution in [3.63, 3.8) is 0 Å². The molecule has 0 aliphatic carbocycles. The lowest BCUT2D eigenvalue weighted by molar-refractivity contribution is -0.117. The number of nitrogens with one attached hydrogen (secondary N) is 1. The number of aryl methyl sites for hydroxylation is 1. The molecule has 0 saturated carbocycles. The lowest BCUT2D eigenvalue weighted by atomic mass is 10.1. The molecule has 0 atom stereocenters. The van der Waals surface area contributed by atoms with E-state index >= 15 is 0 Å². The van der Waals surface area contributed by atoms with Gasteiger partial charge in [-0.15, -0.1) is 0 Å². The summed E-state index contributed by atoms with van der Waals surface area (Å²) in [6.45, 7) is 6.36. The van der Waals surface area contributed by atoms with Crippen molar-refractivity contribution in [2.75, 3.05) is 6.54 Å². The van der Waals surface area contributed by atoms with E-state index in [0.29, 0.717) is 12.2 Å². The van der Waals surface area contributed by atoms with E-state index in [0.717, 1.165) is 5.69 Å². The molecule has 2 amide bonds. The molecule has 17 heavy (non-hydrogen) atoms. The first-order chi connectivity index (χ1) is 7.95. The molecule has 0 aromatic carbocycles. The van der Waals surface area contributed by atoms with Gasteiger partial charge in [-0.1, -0.05) is 13.8 Å². The fraction of sp³-hybridized carbons (Fsp3) is 0.545. The number of nitrogens with zero attached hydrogens (tertiary/aromatic N) is 2. The second-order valence-electron chi connectivity index (χ2n) is 4.07. The van der Waals surface area contributed by atoms with Gasteiger partial charge in [0.15, 0.2) is 0 Å². The molecule has 3 N–H and O–H groups in total. The Kier molecular flexibility index (Phi) is 4.25. The first-order valence-corrected chi connectivity index (χ1v) is 5.60. The summed E-state index contributed by atoms with van der Waals surface area (Å²) in [6, 6.07) is 1.74. The Balaban J connectivity index is 2.88. The fourth-order valence-electron chi connectivity index (χ4n) is 1.40. The lowest BCUT2D eigenvalue weighted by Gasteiger charge is -2.04. The molecule has 0 radical (unpaired) electrons. The Labute approximate surface area is 100 Å². The van der Waals surface area contributed by atoms with Crippen LogP contribution in [0.25, 0.3) is 0 Å². The van der Waals surface area contributed by atoms with Crippen LogP contribution >= 0.6 is 0 Å². The molecule has 94 valence electrons. The van der Waals surface area contributed by atoms with Crippen molar-refractivity contribution < 1.29 is 9.59 Å². The molecule has 0 bridgehead atoms. The van der Waals surface area contributed by atoms with E-state index in [1.54, 1.807) is 10.7 Å². The topological polar surface area (TPSA) is 90.0 Å². The van der Waals surface area contributed by atoms with Gasteiger partial charge >= 0.3 is 0 Å². The number of primary amides is 1. The number of hydrogen-bond acceptors (Lipinski definition) is 3. The highest BCUT2D eigenvalue weighted by molar-refractivity contribution is 5.95. The maximum absolute atomic E-state index is 11.8. The van der Waals surface area contributed by atoms with Gasteiger partial charge in [-0.2, -0.15) is 5.10 Å². The minimum atomic E-state index is -0.565. The third-order valence-electron chi connectivity index (χ3n) is 2.35. The van der Waals surface area contributed by atoms with Crippen molar-refractivity contribution >= 4 is 11.8 Å². The number of aromatic nitrogens is 2. The van der Waals surface area contributed by atoms with Crippen molar-refractivity contribution in [3.05, 3.63) is 17.5 Å². The number of amides is 2. The fourth-order valence-corrected chi connectivity index (χ4v) is 1.40. The maximum atomic E-state index is 11.8. The highest BCUT2D eigenvalue weighted by atomic mass is 16.2. The maximum Gasteiger partial charge on any atom is 0.269 e. The van der Waals surface area contributed by atoms with Crippen molar-refractivity contribution in [2.45, 2.75) is 33.2 Å². The van der Waals surface area contributed by atoms with Gasteiger partial charge < -0.3 is 11.1 Å². The highest BCUT2D eigenvalue weighted by Crippen LogP contribution is 2.14. The number of carbonyl (C=O) groups excluding carboxylic acids is 2. The predicted molar refractivity (Wildman–Crippen MR) is 63.5 cm³/mol. The molecule has 1 heterocycles. The monoisotopic (exact) mass is 238 g/mol. The summed E-state index contributed by atoms with van der Waals surface area (Å²) in [5.74, 6) is -0.638. The number of rotatable bonds is 5. The second kappa shape index (κ2) is 5.47. The zero-order chi connectivity index (χ0) is 13.0. The first-order valence-electron chi connectivity index (χ1n) is 5.60. The van der Waals surface area contributed by atoms with Crippen molar-refractivity contribution in [1.82, 2.24) is 15.1 Å². The average molecular weight is 238 g/mol. The van der Waals surface area contributed by atoms with Gasteiger partial charge in [-0.05, 0) is 18.9 Å². The van der Waals surface area contributed by atoms with Crippen LogP contribution in [-0.4, -0.2) is 28.1 Å². The Morgan fingerprint density at radius 2 is 2.18 bits per heavy atom. The van der Waals surface area contributed by atoms with Crippen LogP contribution in [0.3, 0.4) is 0 Å². The third-order valence-corrected chi connectivity index (χ3v) is 2.35. The summed E-state index contributed by atoms with van der Waals surface area (Å²) in [4.78, 5) is 22.4. The summed E-state index contributed by atoms with van der Waals surface area (Å²) in [5, 5.41) is 6.77. The molecule has 6 nitrogen and oxygen atoms in total. The van der Waals surface area contributed by atoms with Crippen LogP contribution in [0.4, 0.5) is 0 Å². The van der Waals surface area contributed by atoms with Crippen LogP contribution in [0.5, 0.6) is 0 Å². The zero-order valence-corrected chi connectivity index (χ0v) is 10.4. The number of nitrogens with two attached hydrogens (primary N) is 1. The summed E-state index contributed by atoms with van der Waals surface area (Å²) in [5.41, 5.74) is 6.28. The Bertz CT molecular complexity index is 423. The molecular formula is C11H18N4O2. The molecule has 6 heteroatoms. The third kappa shape index (κ3) is 3.30. The van der Waals surface area contributed by atoms with Crippen LogP contribution in [0.2, 0.25) is 0 Å². The SMILES string of the molecule is CCn1nc(C(C)C)cc1C(=O)NCC(N)=O. The minimum absolute atomic E-state index is 0.162. The van der Waals surface area contributed by atoms with E-state index in [1.165, 1.54) is 0 Å². The first kappa shape index (κ1) is 13.2. The van der Waals surface area contributed by atoms with Crippen molar-refractivity contribution in [3.8, 4) is 0 Å². The number of hydrogen-bond donors (Lipinski definition) is 2. The van der Waals surface area contributed by atoms with Crippen LogP contribution in [0.15, 0.2) is 6.07 Å². The molecule has 1 aromatic heterocycles. The highest BCUT2D eigenvalue weighted by Gasteiger charge is 2.16. The quantitative estimate of drug-likeness (QED) is 0.770. The summed E-state index contributed by atoms with van der Waals surface area (Å²) < 4.78 is 1.62. The van der Waals surface area contributed by atoms with E-state index < -0.39 is 5.91 Å². The smallest absolute Gasteiger partial charge is 0.269 e. The number of carbonyl (C=O) groups is 2. The van der Waals surface area contributed by atoms with E-state index in [2.05, 4.69) is 10.4 Å². The van der Waals surface area contributed by atoms with Gasteiger partial charge in [0.25, 0.3) is 5.91 Å². The average Bonchev–Trinajstić information content (AvgIpc) is 2.69. The molecule has 0 unspecified atom stereocenters. The van der Waals surface area contributed by atoms with E-state index in [1.807, 2.05) is 20.8 Å². The summed E-state index contributed by atoms with van der Waals surface area (Å²) in [7, 11) is 0. The zero-order valence-electron chi connectivity index (χ0n) is 10.4. The van der Waals surface area contributed by atoms with Gasteiger partial charge in [0.05, 0.1) is 12.2 Å². The molecule has 0 aliphatic rings. The van der Waals surface area contributed by atoms with Crippen LogP contribution in [0.1, 0.15) is 42.9 Å². The normalized spacial score (nSPS) is 10.6. The lowest BCUT2D eigenvalue weighted by Crippen LogP contribution is -2.34. The van der Waals surface area contributed by atoms with Gasteiger partial charge in [0, 0.05) is 6.54 Å². The standard InChI is InChI=1S/C11H18N4O2/c1-4-15-9(5-8(14-15)7(2)3)11(17)13-6-10(12)16/h5,7H,4,6H2,1-3H3,(H2,12,16)(H,13,17). The molecule has 0 fully saturated rings. The minimum Gasteiger partial charge on any atom is -0.368 e. The van der Waals surface area contributed by atoms with E-state index in [9.17, 15) is 9.59 Å². The summed E-state index contributed by atoms with van der Waals surface area (Å²) >= 11 is 0. The molecule has 1 rings (SSSR count).